The van der Waals surface area contributed by atoms with Crippen LogP contribution in [0.4, 0.5) is 0 Å². The van der Waals surface area contributed by atoms with E-state index in [1.165, 1.54) is 43.5 Å². The predicted molar refractivity (Wildman–Crippen MR) is 63.6 cm³/mol. The van der Waals surface area contributed by atoms with Gasteiger partial charge >= 0.3 is 0 Å². The van der Waals surface area contributed by atoms with Gasteiger partial charge in [0.1, 0.15) is 0 Å². The van der Waals surface area contributed by atoms with E-state index in [4.69, 9.17) is 0 Å². The van der Waals surface area contributed by atoms with E-state index in [2.05, 4.69) is 41.3 Å². The summed E-state index contributed by atoms with van der Waals surface area (Å²) in [4.78, 5) is 2.62. The molecule has 0 N–H and O–H groups in total. The van der Waals surface area contributed by atoms with Gasteiger partial charge in [0.05, 0.1) is 6.04 Å². The van der Waals surface area contributed by atoms with Gasteiger partial charge in [0.25, 0.3) is 0 Å². The summed E-state index contributed by atoms with van der Waals surface area (Å²) >= 11 is 0. The van der Waals surface area contributed by atoms with Crippen LogP contribution in [0.15, 0.2) is 30.3 Å². The number of piperidine rings is 1. The highest BCUT2D eigenvalue weighted by Crippen LogP contribution is 2.33. The first kappa shape index (κ1) is 9.17. The Bertz CT molecular complexity index is 375. The molecule has 1 heteroatoms. The van der Waals surface area contributed by atoms with Crippen LogP contribution >= 0.6 is 0 Å². The fourth-order valence-electron chi connectivity index (χ4n) is 2.75. The van der Waals surface area contributed by atoms with Gasteiger partial charge in [-0.3, -0.25) is 4.90 Å². The zero-order chi connectivity index (χ0) is 10.1. The molecule has 1 atom stereocenters. The molecule has 1 fully saturated rings. The van der Waals surface area contributed by atoms with Gasteiger partial charge in [-0.2, -0.15) is 0 Å². The Hall–Kier alpha value is -1.08. The summed E-state index contributed by atoms with van der Waals surface area (Å²) < 4.78 is 0. The Morgan fingerprint density at radius 3 is 2.67 bits per heavy atom. The van der Waals surface area contributed by atoms with Crippen molar-refractivity contribution in [2.75, 3.05) is 13.1 Å². The maximum absolute atomic E-state index is 2.62. The molecule has 3 rings (SSSR count). The molecule has 0 bridgehead atoms. The van der Waals surface area contributed by atoms with Gasteiger partial charge in [0, 0.05) is 0 Å². The summed E-state index contributed by atoms with van der Waals surface area (Å²) in [7, 11) is 0. The minimum Gasteiger partial charge on any atom is -0.293 e. The van der Waals surface area contributed by atoms with Crippen molar-refractivity contribution in [3.05, 3.63) is 41.5 Å². The molecule has 1 aromatic rings. The van der Waals surface area contributed by atoms with Crippen molar-refractivity contribution in [1.82, 2.24) is 4.90 Å². The van der Waals surface area contributed by atoms with Gasteiger partial charge in [-0.1, -0.05) is 42.8 Å². The number of hydrogen-bond donors (Lipinski definition) is 0. The Balaban J connectivity index is 1.86. The Morgan fingerprint density at radius 2 is 1.80 bits per heavy atom. The van der Waals surface area contributed by atoms with Crippen LogP contribution in [0.1, 0.15) is 36.4 Å². The molecule has 0 spiro atoms. The van der Waals surface area contributed by atoms with Gasteiger partial charge in [-0.25, -0.2) is 0 Å². The first-order chi connectivity index (χ1) is 7.45. The Labute approximate surface area is 91.4 Å². The van der Waals surface area contributed by atoms with Crippen LogP contribution in [0.5, 0.6) is 0 Å². The average Bonchev–Trinajstić information content (AvgIpc) is 2.74. The van der Waals surface area contributed by atoms with Crippen molar-refractivity contribution in [3.8, 4) is 0 Å². The topological polar surface area (TPSA) is 3.24 Å². The quantitative estimate of drug-likeness (QED) is 0.671. The number of benzene rings is 1. The molecule has 1 aromatic carbocycles. The molecule has 0 amide bonds. The molecular formula is C14H17N. The first-order valence-corrected chi connectivity index (χ1v) is 5.96. The molecule has 1 aliphatic carbocycles. The van der Waals surface area contributed by atoms with E-state index >= 15 is 0 Å². The Kier molecular flexibility index (Phi) is 2.34. The van der Waals surface area contributed by atoms with Gasteiger partial charge < -0.3 is 0 Å². The second-order valence-corrected chi connectivity index (χ2v) is 4.53. The molecule has 2 aliphatic rings. The highest BCUT2D eigenvalue weighted by molar-refractivity contribution is 5.61. The van der Waals surface area contributed by atoms with Crippen molar-refractivity contribution < 1.29 is 0 Å². The fourth-order valence-corrected chi connectivity index (χ4v) is 2.75. The zero-order valence-electron chi connectivity index (χ0n) is 9.02. The average molecular weight is 199 g/mol. The third-order valence-electron chi connectivity index (χ3n) is 3.56. The first-order valence-electron chi connectivity index (χ1n) is 5.96. The molecule has 0 aromatic heterocycles. The van der Waals surface area contributed by atoms with Crippen molar-refractivity contribution >= 4 is 6.08 Å². The van der Waals surface area contributed by atoms with Gasteiger partial charge in [-0.05, 0) is 37.1 Å². The highest BCUT2D eigenvalue weighted by atomic mass is 15.2. The zero-order valence-corrected chi connectivity index (χ0v) is 9.02. The molecule has 0 radical (unpaired) electrons. The standard InChI is InChI=1S/C14H17N/c1-4-10-15(11-5-1)14-9-8-12-6-2-3-7-13(12)14/h2-3,6-9,14H,1,4-5,10-11H2. The summed E-state index contributed by atoms with van der Waals surface area (Å²) in [5, 5.41) is 0. The normalized spacial score (nSPS) is 25.5. The molecule has 15 heavy (non-hydrogen) atoms. The molecular weight excluding hydrogens is 182 g/mol. The van der Waals surface area contributed by atoms with E-state index in [9.17, 15) is 0 Å². The van der Waals surface area contributed by atoms with E-state index in [1.54, 1.807) is 0 Å². The molecule has 1 aliphatic heterocycles. The maximum Gasteiger partial charge on any atom is 0.0540 e. The van der Waals surface area contributed by atoms with E-state index < -0.39 is 0 Å². The number of likely N-dealkylation sites (tertiary alicyclic amines) is 1. The van der Waals surface area contributed by atoms with Crippen molar-refractivity contribution in [3.63, 3.8) is 0 Å². The molecule has 0 saturated carbocycles. The van der Waals surface area contributed by atoms with E-state index in [0.29, 0.717) is 6.04 Å². The second kappa shape index (κ2) is 3.82. The fraction of sp³-hybridized carbons (Fsp3) is 0.429. The van der Waals surface area contributed by atoms with Crippen LogP contribution in [0.25, 0.3) is 6.08 Å². The molecule has 1 saturated heterocycles. The summed E-state index contributed by atoms with van der Waals surface area (Å²) in [5.41, 5.74) is 2.91. The third-order valence-corrected chi connectivity index (χ3v) is 3.56. The molecule has 78 valence electrons. The summed E-state index contributed by atoms with van der Waals surface area (Å²) in [5.74, 6) is 0. The lowest BCUT2D eigenvalue weighted by atomic mass is 10.0. The van der Waals surface area contributed by atoms with Gasteiger partial charge in [0.2, 0.25) is 0 Å². The van der Waals surface area contributed by atoms with Crippen LogP contribution in [0.2, 0.25) is 0 Å². The number of rotatable bonds is 1. The number of hydrogen-bond acceptors (Lipinski definition) is 1. The predicted octanol–water partition coefficient (Wildman–Crippen LogP) is 3.24. The van der Waals surface area contributed by atoms with Crippen LogP contribution in [-0.2, 0) is 0 Å². The van der Waals surface area contributed by atoms with E-state index in [0.717, 1.165) is 0 Å². The lowest BCUT2D eigenvalue weighted by molar-refractivity contribution is 0.194. The monoisotopic (exact) mass is 199 g/mol. The van der Waals surface area contributed by atoms with Crippen molar-refractivity contribution in [2.24, 2.45) is 0 Å². The number of fused-ring (bicyclic) bond motifs is 1. The maximum atomic E-state index is 2.62. The van der Waals surface area contributed by atoms with E-state index in [1.807, 2.05) is 0 Å². The van der Waals surface area contributed by atoms with Crippen LogP contribution in [0.3, 0.4) is 0 Å². The lowest BCUT2D eigenvalue weighted by Crippen LogP contribution is -2.32. The van der Waals surface area contributed by atoms with Crippen molar-refractivity contribution in [1.29, 1.82) is 0 Å². The third kappa shape index (κ3) is 1.61. The second-order valence-electron chi connectivity index (χ2n) is 4.53. The largest absolute Gasteiger partial charge is 0.293 e. The molecule has 1 unspecified atom stereocenters. The molecule has 1 nitrogen and oxygen atoms in total. The van der Waals surface area contributed by atoms with Gasteiger partial charge in [-0.15, -0.1) is 0 Å². The highest BCUT2D eigenvalue weighted by Gasteiger charge is 2.24. The SMILES string of the molecule is C1=CC(N2CCCCC2)c2ccccc21. The minimum absolute atomic E-state index is 0.557. The van der Waals surface area contributed by atoms with Crippen molar-refractivity contribution in [2.45, 2.75) is 25.3 Å². The summed E-state index contributed by atoms with van der Waals surface area (Å²) in [6, 6.07) is 9.33. The Morgan fingerprint density at radius 1 is 1.00 bits per heavy atom. The summed E-state index contributed by atoms with van der Waals surface area (Å²) in [6.07, 6.45) is 8.78. The van der Waals surface area contributed by atoms with Crippen LogP contribution in [0, 0.1) is 0 Å². The number of nitrogens with zero attached hydrogens (tertiary/aromatic N) is 1. The van der Waals surface area contributed by atoms with Gasteiger partial charge in [0.15, 0.2) is 0 Å². The van der Waals surface area contributed by atoms with E-state index in [-0.39, 0.29) is 0 Å². The van der Waals surface area contributed by atoms with Crippen LogP contribution < -0.4 is 0 Å². The van der Waals surface area contributed by atoms with Crippen LogP contribution in [-0.4, -0.2) is 18.0 Å². The smallest absolute Gasteiger partial charge is 0.0540 e. The molecule has 1 heterocycles. The minimum atomic E-state index is 0.557. The lowest BCUT2D eigenvalue weighted by Gasteiger charge is -2.32. The summed E-state index contributed by atoms with van der Waals surface area (Å²) in [6.45, 7) is 2.53.